The van der Waals surface area contributed by atoms with Gasteiger partial charge in [-0.3, -0.25) is 4.79 Å². The number of carbonyl (C=O) groups excluding carboxylic acids is 3. The third-order valence-electron chi connectivity index (χ3n) is 6.93. The molecule has 0 spiro atoms. The van der Waals surface area contributed by atoms with Crippen LogP contribution >= 0.6 is 0 Å². The number of hydrogen-bond donors (Lipinski definition) is 6. The van der Waals surface area contributed by atoms with Gasteiger partial charge in [0, 0.05) is 18.8 Å². The highest BCUT2D eigenvalue weighted by atomic mass is 16.7. The van der Waals surface area contributed by atoms with E-state index in [9.17, 15) is 34.8 Å². The van der Waals surface area contributed by atoms with Crippen LogP contribution in [0.1, 0.15) is 29.9 Å². The molecule has 4 rings (SSSR count). The molecule has 2 aromatic carbocycles. The van der Waals surface area contributed by atoms with Gasteiger partial charge in [-0.25, -0.2) is 9.59 Å². The Hall–Kier alpha value is -3.55. The van der Waals surface area contributed by atoms with Gasteiger partial charge in [-0.05, 0) is 22.3 Å². The molecule has 0 saturated carbocycles. The molecular formula is C27H32N2O10. The molecular weight excluding hydrogens is 512 g/mol. The first-order chi connectivity index (χ1) is 18.7. The molecule has 0 bridgehead atoms. The molecule has 1 heterocycles. The fourth-order valence-electron chi connectivity index (χ4n) is 5.09. The van der Waals surface area contributed by atoms with E-state index in [0.717, 1.165) is 29.4 Å². The van der Waals surface area contributed by atoms with E-state index in [0.29, 0.717) is 0 Å². The minimum atomic E-state index is -2.51. The zero-order valence-corrected chi connectivity index (χ0v) is 21.3. The Labute approximate surface area is 224 Å². The molecule has 0 radical (unpaired) electrons. The van der Waals surface area contributed by atoms with Crippen molar-refractivity contribution >= 4 is 18.0 Å². The number of esters is 1. The Bertz CT molecular complexity index is 1160. The van der Waals surface area contributed by atoms with Crippen molar-refractivity contribution in [3.8, 4) is 11.1 Å². The minimum Gasteiger partial charge on any atom is -0.465 e. The highest BCUT2D eigenvalue weighted by Gasteiger charge is 2.52. The largest absolute Gasteiger partial charge is 0.465 e. The average Bonchev–Trinajstić information content (AvgIpc) is 3.25. The molecule has 5 atom stereocenters. The molecule has 1 fully saturated rings. The molecule has 0 aromatic heterocycles. The summed E-state index contributed by atoms with van der Waals surface area (Å²) in [5, 5.41) is 45.0. The summed E-state index contributed by atoms with van der Waals surface area (Å²) in [5.74, 6) is -4.54. The minimum absolute atomic E-state index is 0.0594. The van der Waals surface area contributed by atoms with E-state index in [1.54, 1.807) is 0 Å². The number of methoxy groups -OCH3 is 1. The number of nitrogens with one attached hydrogen (secondary N) is 2. The fraction of sp³-hybridized carbons (Fsp3) is 0.444. The first kappa shape index (κ1) is 28.5. The predicted molar refractivity (Wildman–Crippen MR) is 135 cm³/mol. The van der Waals surface area contributed by atoms with Crippen LogP contribution in [0.5, 0.6) is 0 Å². The van der Waals surface area contributed by atoms with E-state index in [1.165, 1.54) is 0 Å². The molecule has 12 nitrogen and oxygen atoms in total. The van der Waals surface area contributed by atoms with E-state index >= 15 is 0 Å². The Morgan fingerprint density at radius 1 is 1.10 bits per heavy atom. The molecule has 4 unspecified atom stereocenters. The maximum absolute atomic E-state index is 12.6. The quantitative estimate of drug-likeness (QED) is 0.230. The van der Waals surface area contributed by atoms with Gasteiger partial charge in [0.2, 0.25) is 5.91 Å². The van der Waals surface area contributed by atoms with E-state index in [4.69, 9.17) is 9.47 Å². The molecule has 2 aromatic rings. The van der Waals surface area contributed by atoms with E-state index < -0.39 is 67.7 Å². The van der Waals surface area contributed by atoms with Crippen molar-refractivity contribution in [2.75, 3.05) is 26.9 Å². The molecule has 6 N–H and O–H groups in total. The maximum Gasteiger partial charge on any atom is 0.407 e. The smallest absolute Gasteiger partial charge is 0.407 e. The summed E-state index contributed by atoms with van der Waals surface area (Å²) in [5.41, 5.74) is 4.24. The third kappa shape index (κ3) is 6.21. The summed E-state index contributed by atoms with van der Waals surface area (Å²) in [6.07, 6.45) is -5.82. The number of aliphatic hydroxyl groups excluding tert-OH is 3. The van der Waals surface area contributed by atoms with Crippen LogP contribution in [0.25, 0.3) is 11.1 Å². The number of alkyl carbamates (subject to hydrolysis) is 1. The lowest BCUT2D eigenvalue weighted by Crippen LogP contribution is -2.64. The Kier molecular flexibility index (Phi) is 8.83. The lowest BCUT2D eigenvalue weighted by Gasteiger charge is -2.43. The first-order valence-electron chi connectivity index (χ1n) is 12.5. The van der Waals surface area contributed by atoms with Crippen LogP contribution < -0.4 is 10.6 Å². The Morgan fingerprint density at radius 3 is 2.31 bits per heavy atom. The van der Waals surface area contributed by atoms with Crippen molar-refractivity contribution < 1.29 is 49.0 Å². The second kappa shape index (κ2) is 12.1. The summed E-state index contributed by atoms with van der Waals surface area (Å²) in [6.45, 7) is -1.10. The van der Waals surface area contributed by atoms with Gasteiger partial charge < -0.3 is 45.3 Å². The van der Waals surface area contributed by atoms with Crippen molar-refractivity contribution in [2.24, 2.45) is 0 Å². The molecule has 2 aliphatic rings. The van der Waals surface area contributed by atoms with Crippen LogP contribution in [0, 0.1) is 0 Å². The van der Waals surface area contributed by atoms with Gasteiger partial charge >= 0.3 is 12.1 Å². The monoisotopic (exact) mass is 544 g/mol. The Morgan fingerprint density at radius 2 is 1.72 bits per heavy atom. The predicted octanol–water partition coefficient (Wildman–Crippen LogP) is -0.235. The standard InChI is InChI=1S/C27H32N2O10/c1-37-25(34)27(36)11-21(32)24(22(39-27)10-15(31)13-30)29-23(33)12-28-26(35)38-14-20-18-8-4-2-6-16(18)17-7-3-5-9-19(17)20/h2-9,15,20-22,24,30-32,36H,10-14H2,1H3,(H,28,35)(H,29,33)/t15-,21?,22?,24?,27?/m0/s1. The summed E-state index contributed by atoms with van der Waals surface area (Å²) in [4.78, 5) is 36.9. The summed E-state index contributed by atoms with van der Waals surface area (Å²) in [7, 11) is 1.02. The number of amides is 2. The number of fused-ring (bicyclic) bond motifs is 3. The van der Waals surface area contributed by atoms with Crippen LogP contribution in [0.2, 0.25) is 0 Å². The van der Waals surface area contributed by atoms with Crippen LogP contribution in [0.15, 0.2) is 48.5 Å². The zero-order valence-electron chi connectivity index (χ0n) is 21.3. The van der Waals surface area contributed by atoms with Crippen molar-refractivity contribution in [1.29, 1.82) is 0 Å². The summed E-state index contributed by atoms with van der Waals surface area (Å²) >= 11 is 0. The van der Waals surface area contributed by atoms with Crippen molar-refractivity contribution in [1.82, 2.24) is 10.6 Å². The number of benzene rings is 2. The van der Waals surface area contributed by atoms with Crippen LogP contribution in [-0.4, -0.2) is 95.4 Å². The lowest BCUT2D eigenvalue weighted by molar-refractivity contribution is -0.281. The second-order valence-electron chi connectivity index (χ2n) is 9.55. The van der Waals surface area contributed by atoms with E-state index in [1.807, 2.05) is 48.5 Å². The lowest BCUT2D eigenvalue weighted by atomic mass is 9.90. The van der Waals surface area contributed by atoms with E-state index in [2.05, 4.69) is 15.4 Å². The van der Waals surface area contributed by atoms with Gasteiger partial charge in [0.1, 0.15) is 13.2 Å². The van der Waals surface area contributed by atoms with Gasteiger partial charge in [-0.1, -0.05) is 48.5 Å². The molecule has 39 heavy (non-hydrogen) atoms. The SMILES string of the molecule is COC(=O)C1(O)CC(O)C(NC(=O)CNC(=O)OCC2c3ccccc3-c3ccccc32)C(C[C@H](O)CO)O1. The van der Waals surface area contributed by atoms with Gasteiger partial charge in [0.25, 0.3) is 5.79 Å². The first-order valence-corrected chi connectivity index (χ1v) is 12.5. The van der Waals surface area contributed by atoms with Gasteiger partial charge in [-0.2, -0.15) is 0 Å². The van der Waals surface area contributed by atoms with E-state index in [-0.39, 0.29) is 18.9 Å². The highest BCUT2D eigenvalue weighted by Crippen LogP contribution is 2.44. The highest BCUT2D eigenvalue weighted by molar-refractivity contribution is 5.83. The van der Waals surface area contributed by atoms with Crippen molar-refractivity contribution in [3.05, 3.63) is 59.7 Å². The molecule has 1 aliphatic heterocycles. The molecule has 1 saturated heterocycles. The molecule has 1 aliphatic carbocycles. The number of hydrogen-bond acceptors (Lipinski definition) is 10. The second-order valence-corrected chi connectivity index (χ2v) is 9.55. The number of rotatable bonds is 9. The van der Waals surface area contributed by atoms with Crippen LogP contribution in [-0.2, 0) is 23.8 Å². The average molecular weight is 545 g/mol. The van der Waals surface area contributed by atoms with Gasteiger partial charge in [0.05, 0.1) is 38.1 Å². The fourth-order valence-corrected chi connectivity index (χ4v) is 5.09. The molecule has 210 valence electrons. The van der Waals surface area contributed by atoms with Gasteiger partial charge in [-0.15, -0.1) is 0 Å². The summed E-state index contributed by atoms with van der Waals surface area (Å²) in [6, 6.07) is 14.6. The topological polar surface area (TPSA) is 184 Å². The normalized spacial score (nSPS) is 24.7. The van der Waals surface area contributed by atoms with Crippen molar-refractivity contribution in [3.63, 3.8) is 0 Å². The molecule has 2 amide bonds. The zero-order chi connectivity index (χ0) is 28.2. The number of aliphatic hydroxyl groups is 4. The van der Waals surface area contributed by atoms with Gasteiger partial charge in [0.15, 0.2) is 0 Å². The van der Waals surface area contributed by atoms with Crippen LogP contribution in [0.3, 0.4) is 0 Å². The van der Waals surface area contributed by atoms with Crippen LogP contribution in [0.4, 0.5) is 4.79 Å². The van der Waals surface area contributed by atoms with Crippen molar-refractivity contribution in [2.45, 2.75) is 48.9 Å². The third-order valence-corrected chi connectivity index (χ3v) is 6.93. The Balaban J connectivity index is 1.33. The summed E-state index contributed by atoms with van der Waals surface area (Å²) < 4.78 is 15.3. The number of carbonyl (C=O) groups is 3. The molecule has 12 heteroatoms. The number of ether oxygens (including phenoxy) is 3. The maximum atomic E-state index is 12.6.